The lowest BCUT2D eigenvalue weighted by Gasteiger charge is -2.18. The third kappa shape index (κ3) is 3.43. The van der Waals surface area contributed by atoms with Gasteiger partial charge in [0.05, 0.1) is 5.25 Å². The van der Waals surface area contributed by atoms with E-state index in [1.54, 1.807) is 49.4 Å². The molecule has 1 aromatic heterocycles. The van der Waals surface area contributed by atoms with Gasteiger partial charge in [-0.05, 0) is 37.3 Å². The van der Waals surface area contributed by atoms with E-state index in [0.717, 1.165) is 5.52 Å². The molecule has 0 fully saturated rings. The van der Waals surface area contributed by atoms with E-state index >= 15 is 0 Å². The third-order valence-electron chi connectivity index (χ3n) is 5.11. The van der Waals surface area contributed by atoms with Crippen molar-refractivity contribution >= 4 is 46.0 Å². The van der Waals surface area contributed by atoms with Crippen molar-refractivity contribution < 1.29 is 18.8 Å². The van der Waals surface area contributed by atoms with Crippen molar-refractivity contribution in [3.63, 3.8) is 0 Å². The molecule has 0 saturated carbocycles. The number of hydrogen-bond acceptors (Lipinski definition) is 6. The quantitative estimate of drug-likeness (QED) is 0.417. The van der Waals surface area contributed by atoms with Crippen LogP contribution < -0.4 is 5.32 Å². The molecule has 152 valence electrons. The molecule has 6 nitrogen and oxygen atoms in total. The average Bonchev–Trinajstić information content (AvgIpc) is 3.19. The summed E-state index contributed by atoms with van der Waals surface area (Å²) in [6.45, 7) is 1.75. The van der Waals surface area contributed by atoms with Crippen LogP contribution in [0.3, 0.4) is 0 Å². The fourth-order valence-electron chi connectivity index (χ4n) is 3.53. The first-order valence-corrected chi connectivity index (χ1v) is 10.5. The highest BCUT2D eigenvalue weighted by atomic mass is 32.2. The number of hydrogen-bond donors (Lipinski definition) is 1. The maximum Gasteiger partial charge on any atom is 0.257 e. The largest absolute Gasteiger partial charge is 0.431 e. The standard InChI is InChI=1S/C24H16N2O4S/c1-13(31-24-26-19-8-4-5-9-20(19)30-24)23(29)25-14-10-11-17-18(12-14)22(28)16-7-3-2-6-15(16)21(17)27/h2-13H,1H3,(H,25,29). The molecular formula is C24H16N2O4S. The number of para-hydroxylation sites is 2. The fourth-order valence-corrected chi connectivity index (χ4v) is 4.28. The number of anilines is 1. The van der Waals surface area contributed by atoms with E-state index in [4.69, 9.17) is 4.42 Å². The number of thioether (sulfide) groups is 1. The molecule has 1 heterocycles. The van der Waals surface area contributed by atoms with E-state index in [1.807, 2.05) is 24.3 Å². The van der Waals surface area contributed by atoms with Crippen molar-refractivity contribution in [2.24, 2.45) is 0 Å². The smallest absolute Gasteiger partial charge is 0.257 e. The summed E-state index contributed by atoms with van der Waals surface area (Å²) in [5.41, 5.74) is 3.26. The van der Waals surface area contributed by atoms with Gasteiger partial charge >= 0.3 is 0 Å². The van der Waals surface area contributed by atoms with Gasteiger partial charge in [-0.2, -0.15) is 0 Å². The van der Waals surface area contributed by atoms with Crippen molar-refractivity contribution in [3.8, 4) is 0 Å². The van der Waals surface area contributed by atoms with E-state index < -0.39 is 5.25 Å². The minimum Gasteiger partial charge on any atom is -0.431 e. The molecule has 1 amide bonds. The second kappa shape index (κ2) is 7.52. The Labute approximate surface area is 181 Å². The van der Waals surface area contributed by atoms with Crippen LogP contribution in [0.2, 0.25) is 0 Å². The van der Waals surface area contributed by atoms with Gasteiger partial charge in [-0.25, -0.2) is 4.98 Å². The van der Waals surface area contributed by atoms with Gasteiger partial charge in [0.15, 0.2) is 17.1 Å². The monoisotopic (exact) mass is 428 g/mol. The van der Waals surface area contributed by atoms with Crippen LogP contribution in [0.1, 0.15) is 38.8 Å². The minimum absolute atomic E-state index is 0.192. The molecule has 1 atom stereocenters. The lowest BCUT2D eigenvalue weighted by molar-refractivity contribution is -0.115. The maximum absolute atomic E-state index is 12.9. The fraction of sp³-hybridized carbons (Fsp3) is 0.0833. The predicted octanol–water partition coefficient (Wildman–Crippen LogP) is 4.72. The maximum atomic E-state index is 12.9. The van der Waals surface area contributed by atoms with Gasteiger partial charge in [0.25, 0.3) is 5.22 Å². The summed E-state index contributed by atoms with van der Waals surface area (Å²) < 4.78 is 5.66. The van der Waals surface area contributed by atoms with Crippen molar-refractivity contribution in [1.82, 2.24) is 4.98 Å². The third-order valence-corrected chi connectivity index (χ3v) is 6.06. The molecule has 4 aromatic rings. The Balaban J connectivity index is 1.35. The van der Waals surface area contributed by atoms with Crippen LogP contribution in [-0.4, -0.2) is 27.7 Å². The number of ketones is 2. The lowest BCUT2D eigenvalue weighted by Crippen LogP contribution is -2.24. The highest BCUT2D eigenvalue weighted by molar-refractivity contribution is 8.00. The highest BCUT2D eigenvalue weighted by Gasteiger charge is 2.29. The molecule has 0 bridgehead atoms. The summed E-state index contributed by atoms with van der Waals surface area (Å²) >= 11 is 1.21. The van der Waals surface area contributed by atoms with Gasteiger partial charge in [0.2, 0.25) is 5.91 Å². The number of aromatic nitrogens is 1. The second-order valence-corrected chi connectivity index (χ2v) is 8.45. The molecule has 5 rings (SSSR count). The van der Waals surface area contributed by atoms with Gasteiger partial charge in [-0.1, -0.05) is 48.2 Å². The van der Waals surface area contributed by atoms with E-state index in [1.165, 1.54) is 11.8 Å². The van der Waals surface area contributed by atoms with Crippen LogP contribution in [0, 0.1) is 0 Å². The van der Waals surface area contributed by atoms with Crippen molar-refractivity contribution in [2.45, 2.75) is 17.4 Å². The molecule has 0 aliphatic heterocycles. The summed E-state index contributed by atoms with van der Waals surface area (Å²) in [6.07, 6.45) is 0. The molecule has 0 saturated heterocycles. The molecule has 1 N–H and O–H groups in total. The summed E-state index contributed by atoms with van der Waals surface area (Å²) in [5, 5.41) is 2.74. The molecule has 1 aliphatic carbocycles. The SMILES string of the molecule is CC(Sc1nc2ccccc2o1)C(=O)Nc1ccc2c(c1)C(=O)c1ccccc1C2=O. The Morgan fingerprint density at radius 3 is 2.29 bits per heavy atom. The van der Waals surface area contributed by atoms with Crippen molar-refractivity contribution in [2.75, 3.05) is 5.32 Å². The first kappa shape index (κ1) is 19.3. The van der Waals surface area contributed by atoms with E-state index in [2.05, 4.69) is 10.3 Å². The lowest BCUT2D eigenvalue weighted by atomic mass is 9.84. The Morgan fingerprint density at radius 1 is 0.903 bits per heavy atom. The van der Waals surface area contributed by atoms with E-state index in [9.17, 15) is 14.4 Å². The van der Waals surface area contributed by atoms with Gasteiger partial charge in [0, 0.05) is 27.9 Å². The molecule has 3 aromatic carbocycles. The zero-order valence-corrected chi connectivity index (χ0v) is 17.2. The second-order valence-electron chi connectivity index (χ2n) is 7.16. The number of nitrogens with one attached hydrogen (secondary N) is 1. The predicted molar refractivity (Wildman–Crippen MR) is 118 cm³/mol. The molecule has 31 heavy (non-hydrogen) atoms. The number of rotatable bonds is 4. The number of nitrogens with zero attached hydrogens (tertiary/aromatic N) is 1. The minimum atomic E-state index is -0.484. The number of benzene rings is 3. The Kier molecular flexibility index (Phi) is 4.67. The first-order chi connectivity index (χ1) is 15.0. The zero-order chi connectivity index (χ0) is 21.5. The van der Waals surface area contributed by atoms with Crippen LogP contribution in [0.5, 0.6) is 0 Å². The normalized spacial score (nSPS) is 13.6. The summed E-state index contributed by atoms with van der Waals surface area (Å²) in [6, 6.07) is 18.9. The molecule has 0 radical (unpaired) electrons. The topological polar surface area (TPSA) is 89.3 Å². The number of carbonyl (C=O) groups excluding carboxylic acids is 3. The van der Waals surface area contributed by atoms with Crippen molar-refractivity contribution in [1.29, 1.82) is 0 Å². The van der Waals surface area contributed by atoms with Gasteiger partial charge in [-0.15, -0.1) is 0 Å². The number of amides is 1. The molecule has 1 unspecified atom stereocenters. The molecule has 7 heteroatoms. The Hall–Kier alpha value is -3.71. The van der Waals surface area contributed by atoms with Crippen molar-refractivity contribution in [3.05, 3.63) is 89.0 Å². The summed E-state index contributed by atoms with van der Waals surface area (Å²) in [5.74, 6) is -0.680. The van der Waals surface area contributed by atoms with Gasteiger partial charge in [0.1, 0.15) is 5.52 Å². The molecule has 0 spiro atoms. The van der Waals surface area contributed by atoms with Crippen LogP contribution in [-0.2, 0) is 4.79 Å². The van der Waals surface area contributed by atoms with E-state index in [0.29, 0.717) is 38.7 Å². The van der Waals surface area contributed by atoms with Crippen LogP contribution in [0.4, 0.5) is 5.69 Å². The summed E-state index contributed by atoms with van der Waals surface area (Å²) in [4.78, 5) is 42.6. The van der Waals surface area contributed by atoms with Crippen LogP contribution in [0.15, 0.2) is 76.4 Å². The number of carbonyl (C=O) groups is 3. The first-order valence-electron chi connectivity index (χ1n) is 9.67. The summed E-state index contributed by atoms with van der Waals surface area (Å²) in [7, 11) is 0. The number of fused-ring (bicyclic) bond motifs is 3. The average molecular weight is 428 g/mol. The van der Waals surface area contributed by atoms with Gasteiger partial charge in [-0.3, -0.25) is 14.4 Å². The van der Waals surface area contributed by atoms with E-state index in [-0.39, 0.29) is 17.5 Å². The van der Waals surface area contributed by atoms with Crippen LogP contribution >= 0.6 is 11.8 Å². The molecule has 1 aliphatic rings. The zero-order valence-electron chi connectivity index (χ0n) is 16.4. The van der Waals surface area contributed by atoms with Gasteiger partial charge < -0.3 is 9.73 Å². The highest BCUT2D eigenvalue weighted by Crippen LogP contribution is 2.30. The van der Waals surface area contributed by atoms with Crippen LogP contribution in [0.25, 0.3) is 11.1 Å². The Bertz CT molecular complexity index is 1340. The molecular weight excluding hydrogens is 412 g/mol. The number of oxazole rings is 1. The Morgan fingerprint density at radius 2 is 1.55 bits per heavy atom.